The van der Waals surface area contributed by atoms with Crippen LogP contribution >= 0.6 is 0 Å². The van der Waals surface area contributed by atoms with E-state index in [1.54, 1.807) is 0 Å². The molecule has 0 bridgehead atoms. The van der Waals surface area contributed by atoms with E-state index >= 15 is 0 Å². The Morgan fingerprint density at radius 2 is 1.31 bits per heavy atom. The van der Waals surface area contributed by atoms with Crippen LogP contribution in [0.3, 0.4) is 0 Å². The minimum absolute atomic E-state index is 0.218. The number of benzene rings is 2. The van der Waals surface area contributed by atoms with Gasteiger partial charge < -0.3 is 9.84 Å². The molecular weight excluding hydrogens is 324 g/mol. The summed E-state index contributed by atoms with van der Waals surface area (Å²) in [5.74, 6) is -0.218. The third-order valence-corrected chi connectivity index (χ3v) is 4.80. The number of unbranched alkanes of at least 4 members (excludes halogenated alkanes) is 9. The van der Waals surface area contributed by atoms with Gasteiger partial charge in [0.15, 0.2) is 0 Å². The SMILES string of the molecule is O=C(OCCCCCCCCCCCCO)c1cccc2ccccc12. The molecule has 0 heterocycles. The van der Waals surface area contributed by atoms with Crippen LogP contribution in [-0.2, 0) is 4.74 Å². The lowest BCUT2D eigenvalue weighted by atomic mass is 10.0. The molecule has 0 saturated carbocycles. The number of aliphatic hydroxyl groups excluding tert-OH is 1. The number of esters is 1. The van der Waals surface area contributed by atoms with E-state index in [1.807, 2.05) is 42.5 Å². The summed E-state index contributed by atoms with van der Waals surface area (Å²) in [5.41, 5.74) is 0.657. The molecule has 0 aliphatic heterocycles. The molecule has 2 aromatic rings. The molecule has 0 aliphatic carbocycles. The smallest absolute Gasteiger partial charge is 0.338 e. The van der Waals surface area contributed by atoms with Crippen LogP contribution in [-0.4, -0.2) is 24.3 Å². The predicted molar refractivity (Wildman–Crippen MR) is 107 cm³/mol. The van der Waals surface area contributed by atoms with E-state index in [1.165, 1.54) is 38.5 Å². The summed E-state index contributed by atoms with van der Waals surface area (Å²) in [5, 5.41) is 10.7. The maximum atomic E-state index is 12.3. The van der Waals surface area contributed by atoms with Crippen LogP contribution in [0.15, 0.2) is 42.5 Å². The molecule has 26 heavy (non-hydrogen) atoms. The number of fused-ring (bicyclic) bond motifs is 1. The lowest BCUT2D eigenvalue weighted by Crippen LogP contribution is -2.07. The topological polar surface area (TPSA) is 46.5 Å². The van der Waals surface area contributed by atoms with Gasteiger partial charge in [-0.2, -0.15) is 0 Å². The van der Waals surface area contributed by atoms with Gasteiger partial charge in [-0.3, -0.25) is 0 Å². The Hall–Kier alpha value is -1.87. The molecule has 0 saturated heterocycles. The second kappa shape index (κ2) is 12.5. The zero-order chi connectivity index (χ0) is 18.5. The molecule has 0 radical (unpaired) electrons. The summed E-state index contributed by atoms with van der Waals surface area (Å²) in [6.45, 7) is 0.828. The molecule has 1 N–H and O–H groups in total. The highest BCUT2D eigenvalue weighted by molar-refractivity contribution is 6.04. The van der Waals surface area contributed by atoms with E-state index < -0.39 is 0 Å². The molecule has 3 heteroatoms. The average molecular weight is 357 g/mol. The Labute approximate surface area is 157 Å². The van der Waals surface area contributed by atoms with Gasteiger partial charge in [-0.1, -0.05) is 87.8 Å². The number of carbonyl (C=O) groups is 1. The zero-order valence-corrected chi connectivity index (χ0v) is 15.8. The van der Waals surface area contributed by atoms with Crippen LogP contribution in [0, 0.1) is 0 Å². The van der Waals surface area contributed by atoms with Crippen molar-refractivity contribution in [3.8, 4) is 0 Å². The normalized spacial score (nSPS) is 11.0. The number of carbonyl (C=O) groups excluding carboxylic acids is 1. The van der Waals surface area contributed by atoms with Gasteiger partial charge in [-0.25, -0.2) is 4.79 Å². The van der Waals surface area contributed by atoms with E-state index in [9.17, 15) is 4.79 Å². The third kappa shape index (κ3) is 7.17. The lowest BCUT2D eigenvalue weighted by Gasteiger charge is -2.07. The van der Waals surface area contributed by atoms with Crippen molar-refractivity contribution in [3.05, 3.63) is 48.0 Å². The minimum atomic E-state index is -0.218. The largest absolute Gasteiger partial charge is 0.462 e. The summed E-state index contributed by atoms with van der Waals surface area (Å²) < 4.78 is 5.46. The molecule has 0 unspecified atom stereocenters. The molecule has 0 aromatic heterocycles. The standard InChI is InChI=1S/C23H32O3/c24-18-11-7-5-3-1-2-4-6-8-12-19-26-23(25)22-17-13-15-20-14-9-10-16-21(20)22/h9-10,13-17,24H,1-8,11-12,18-19H2. The van der Waals surface area contributed by atoms with Crippen LogP contribution < -0.4 is 0 Å². The summed E-state index contributed by atoms with van der Waals surface area (Å²) in [7, 11) is 0. The minimum Gasteiger partial charge on any atom is -0.462 e. The first-order valence-corrected chi connectivity index (χ1v) is 10.1. The van der Waals surface area contributed by atoms with Gasteiger partial charge in [-0.05, 0) is 29.7 Å². The highest BCUT2D eigenvalue weighted by atomic mass is 16.5. The molecule has 142 valence electrons. The van der Waals surface area contributed by atoms with Gasteiger partial charge in [0.05, 0.1) is 12.2 Å². The van der Waals surface area contributed by atoms with Gasteiger partial charge in [0.25, 0.3) is 0 Å². The Morgan fingerprint density at radius 1 is 0.731 bits per heavy atom. The fourth-order valence-corrected chi connectivity index (χ4v) is 3.27. The maximum absolute atomic E-state index is 12.3. The monoisotopic (exact) mass is 356 g/mol. The van der Waals surface area contributed by atoms with E-state index in [0.29, 0.717) is 18.8 Å². The molecule has 0 aliphatic rings. The Morgan fingerprint density at radius 3 is 2.00 bits per heavy atom. The molecule has 3 nitrogen and oxygen atoms in total. The van der Waals surface area contributed by atoms with E-state index in [2.05, 4.69) is 0 Å². The summed E-state index contributed by atoms with van der Waals surface area (Å²) >= 11 is 0. The van der Waals surface area contributed by atoms with Crippen LogP contribution in [0.5, 0.6) is 0 Å². The van der Waals surface area contributed by atoms with Crippen molar-refractivity contribution in [3.63, 3.8) is 0 Å². The van der Waals surface area contributed by atoms with Gasteiger partial charge in [0.1, 0.15) is 0 Å². The predicted octanol–water partition coefficient (Wildman–Crippen LogP) is 5.89. The van der Waals surface area contributed by atoms with Crippen molar-refractivity contribution in [2.75, 3.05) is 13.2 Å². The van der Waals surface area contributed by atoms with Crippen LogP contribution in [0.25, 0.3) is 10.8 Å². The molecule has 0 fully saturated rings. The van der Waals surface area contributed by atoms with Gasteiger partial charge in [0, 0.05) is 6.61 Å². The summed E-state index contributed by atoms with van der Waals surface area (Å²) in [4.78, 5) is 12.3. The summed E-state index contributed by atoms with van der Waals surface area (Å²) in [6.07, 6.45) is 11.7. The number of hydrogen-bond donors (Lipinski definition) is 1. The Bertz CT molecular complexity index is 645. The Kier molecular flexibility index (Phi) is 9.81. The number of hydrogen-bond acceptors (Lipinski definition) is 3. The summed E-state index contributed by atoms with van der Waals surface area (Å²) in [6, 6.07) is 13.7. The fraction of sp³-hybridized carbons (Fsp3) is 0.522. The molecular formula is C23H32O3. The second-order valence-electron chi connectivity index (χ2n) is 6.92. The van der Waals surface area contributed by atoms with Crippen molar-refractivity contribution in [1.82, 2.24) is 0 Å². The molecule has 0 amide bonds. The lowest BCUT2D eigenvalue weighted by molar-refractivity contribution is 0.0500. The Balaban J connectivity index is 1.54. The van der Waals surface area contributed by atoms with Crippen molar-refractivity contribution >= 4 is 16.7 Å². The third-order valence-electron chi connectivity index (χ3n) is 4.80. The van der Waals surface area contributed by atoms with Crippen LogP contribution in [0.1, 0.15) is 74.6 Å². The molecule has 0 spiro atoms. The van der Waals surface area contributed by atoms with Crippen LogP contribution in [0.4, 0.5) is 0 Å². The highest BCUT2D eigenvalue weighted by Crippen LogP contribution is 2.19. The maximum Gasteiger partial charge on any atom is 0.338 e. The first kappa shape index (κ1) is 20.4. The van der Waals surface area contributed by atoms with Gasteiger partial charge in [-0.15, -0.1) is 0 Å². The average Bonchev–Trinajstić information content (AvgIpc) is 2.68. The first-order chi connectivity index (χ1) is 12.8. The molecule has 2 rings (SSSR count). The fourth-order valence-electron chi connectivity index (χ4n) is 3.27. The number of ether oxygens (including phenoxy) is 1. The zero-order valence-electron chi connectivity index (χ0n) is 15.8. The highest BCUT2D eigenvalue weighted by Gasteiger charge is 2.10. The van der Waals surface area contributed by atoms with Crippen molar-refractivity contribution in [2.45, 2.75) is 64.2 Å². The van der Waals surface area contributed by atoms with Crippen molar-refractivity contribution < 1.29 is 14.6 Å². The van der Waals surface area contributed by atoms with E-state index in [-0.39, 0.29) is 5.97 Å². The number of rotatable bonds is 13. The molecule has 0 atom stereocenters. The molecule has 2 aromatic carbocycles. The van der Waals surface area contributed by atoms with E-state index in [4.69, 9.17) is 9.84 Å². The van der Waals surface area contributed by atoms with Gasteiger partial charge in [0.2, 0.25) is 0 Å². The van der Waals surface area contributed by atoms with Crippen molar-refractivity contribution in [2.24, 2.45) is 0 Å². The van der Waals surface area contributed by atoms with Gasteiger partial charge >= 0.3 is 5.97 Å². The first-order valence-electron chi connectivity index (χ1n) is 10.1. The quantitative estimate of drug-likeness (QED) is 0.359. The number of aliphatic hydroxyl groups is 1. The van der Waals surface area contributed by atoms with Crippen LogP contribution in [0.2, 0.25) is 0 Å². The van der Waals surface area contributed by atoms with Crippen molar-refractivity contribution in [1.29, 1.82) is 0 Å². The second-order valence-corrected chi connectivity index (χ2v) is 6.92. The van der Waals surface area contributed by atoms with E-state index in [0.717, 1.165) is 36.5 Å².